The van der Waals surface area contributed by atoms with E-state index in [1.54, 1.807) is 6.20 Å². The highest BCUT2D eigenvalue weighted by Gasteiger charge is 2.04. The van der Waals surface area contributed by atoms with Crippen molar-refractivity contribution >= 4 is 15.9 Å². The standard InChI is InChI=1S/C12H12BrN3O/c1-14-6-9-3-2-4-10(5-9)17-12-11(13)7-15-8-16-12/h2-5,7-8,14H,6H2,1H3. The van der Waals surface area contributed by atoms with Crippen molar-refractivity contribution in [3.8, 4) is 11.6 Å². The molecule has 1 heterocycles. The van der Waals surface area contributed by atoms with Gasteiger partial charge in [-0.15, -0.1) is 0 Å². The Bertz CT molecular complexity index is 505. The Morgan fingerprint density at radius 1 is 1.41 bits per heavy atom. The smallest absolute Gasteiger partial charge is 0.236 e. The molecule has 0 fully saturated rings. The van der Waals surface area contributed by atoms with Gasteiger partial charge in [0.05, 0.1) is 4.47 Å². The maximum Gasteiger partial charge on any atom is 0.236 e. The van der Waals surface area contributed by atoms with Gasteiger partial charge in [0.15, 0.2) is 0 Å². The average Bonchev–Trinajstić information content (AvgIpc) is 2.33. The SMILES string of the molecule is CNCc1cccc(Oc2ncncc2Br)c1. The van der Waals surface area contributed by atoms with E-state index >= 15 is 0 Å². The van der Waals surface area contributed by atoms with Crippen molar-refractivity contribution in [3.05, 3.63) is 46.8 Å². The predicted molar refractivity (Wildman–Crippen MR) is 69.0 cm³/mol. The Morgan fingerprint density at radius 2 is 2.29 bits per heavy atom. The van der Waals surface area contributed by atoms with Gasteiger partial charge < -0.3 is 10.1 Å². The molecule has 2 aromatic rings. The van der Waals surface area contributed by atoms with Crippen LogP contribution in [0.5, 0.6) is 11.6 Å². The van der Waals surface area contributed by atoms with Crippen LogP contribution in [0.3, 0.4) is 0 Å². The summed E-state index contributed by atoms with van der Waals surface area (Å²) < 4.78 is 6.41. The van der Waals surface area contributed by atoms with Crippen LogP contribution in [-0.2, 0) is 6.54 Å². The average molecular weight is 294 g/mol. The van der Waals surface area contributed by atoms with E-state index in [0.29, 0.717) is 5.88 Å². The number of nitrogens with one attached hydrogen (secondary N) is 1. The van der Waals surface area contributed by atoms with E-state index in [0.717, 1.165) is 22.3 Å². The second-order valence-electron chi connectivity index (χ2n) is 3.46. The topological polar surface area (TPSA) is 47.0 Å². The molecule has 0 saturated carbocycles. The summed E-state index contributed by atoms with van der Waals surface area (Å²) >= 11 is 3.34. The van der Waals surface area contributed by atoms with Crippen LogP contribution in [0.1, 0.15) is 5.56 Å². The minimum Gasteiger partial charge on any atom is -0.438 e. The van der Waals surface area contributed by atoms with Crippen LogP contribution in [-0.4, -0.2) is 17.0 Å². The number of hydrogen-bond donors (Lipinski definition) is 1. The Hall–Kier alpha value is -1.46. The lowest BCUT2D eigenvalue weighted by atomic mass is 10.2. The van der Waals surface area contributed by atoms with E-state index in [9.17, 15) is 0 Å². The Balaban J connectivity index is 2.18. The van der Waals surface area contributed by atoms with Crippen LogP contribution < -0.4 is 10.1 Å². The molecule has 17 heavy (non-hydrogen) atoms. The van der Waals surface area contributed by atoms with Crippen molar-refractivity contribution in [3.63, 3.8) is 0 Å². The molecule has 0 atom stereocenters. The summed E-state index contributed by atoms with van der Waals surface area (Å²) in [5.41, 5.74) is 1.16. The zero-order valence-electron chi connectivity index (χ0n) is 9.35. The first-order chi connectivity index (χ1) is 8.29. The lowest BCUT2D eigenvalue weighted by Gasteiger charge is -2.07. The van der Waals surface area contributed by atoms with Crippen molar-refractivity contribution in [2.45, 2.75) is 6.54 Å². The summed E-state index contributed by atoms with van der Waals surface area (Å²) in [6.45, 7) is 0.808. The number of aromatic nitrogens is 2. The normalized spacial score (nSPS) is 10.2. The molecular formula is C12H12BrN3O. The molecule has 0 unspecified atom stereocenters. The van der Waals surface area contributed by atoms with Gasteiger partial charge in [-0.05, 0) is 40.7 Å². The monoisotopic (exact) mass is 293 g/mol. The highest BCUT2D eigenvalue weighted by molar-refractivity contribution is 9.10. The zero-order valence-corrected chi connectivity index (χ0v) is 10.9. The fraction of sp³-hybridized carbons (Fsp3) is 0.167. The molecule has 0 amide bonds. The summed E-state index contributed by atoms with van der Waals surface area (Å²) in [5, 5.41) is 3.10. The van der Waals surface area contributed by atoms with E-state index in [-0.39, 0.29) is 0 Å². The lowest BCUT2D eigenvalue weighted by molar-refractivity contribution is 0.457. The maximum atomic E-state index is 5.67. The first kappa shape index (κ1) is 12.0. The first-order valence-corrected chi connectivity index (χ1v) is 5.96. The predicted octanol–water partition coefficient (Wildman–Crippen LogP) is 2.75. The number of hydrogen-bond acceptors (Lipinski definition) is 4. The van der Waals surface area contributed by atoms with Crippen molar-refractivity contribution in [2.24, 2.45) is 0 Å². The molecule has 0 saturated heterocycles. The highest BCUT2D eigenvalue weighted by atomic mass is 79.9. The molecule has 0 bridgehead atoms. The molecule has 1 aromatic carbocycles. The number of nitrogens with zero attached hydrogens (tertiary/aromatic N) is 2. The Kier molecular flexibility index (Phi) is 4.06. The van der Waals surface area contributed by atoms with Crippen LogP contribution in [0.2, 0.25) is 0 Å². The van der Waals surface area contributed by atoms with E-state index < -0.39 is 0 Å². The number of halogens is 1. The molecule has 0 aliphatic carbocycles. The summed E-state index contributed by atoms with van der Waals surface area (Å²) in [7, 11) is 1.91. The lowest BCUT2D eigenvalue weighted by Crippen LogP contribution is -2.04. The van der Waals surface area contributed by atoms with Gasteiger partial charge in [0.25, 0.3) is 0 Å². The van der Waals surface area contributed by atoms with E-state index in [1.807, 2.05) is 31.3 Å². The third-order valence-corrected chi connectivity index (χ3v) is 2.67. The van der Waals surface area contributed by atoms with Crippen LogP contribution in [0.4, 0.5) is 0 Å². The van der Waals surface area contributed by atoms with Crippen molar-refractivity contribution in [1.29, 1.82) is 0 Å². The second-order valence-corrected chi connectivity index (χ2v) is 4.31. The minimum atomic E-state index is 0.515. The van der Waals surface area contributed by atoms with Crippen LogP contribution in [0, 0.1) is 0 Å². The van der Waals surface area contributed by atoms with Gasteiger partial charge in [-0.3, -0.25) is 0 Å². The molecule has 4 nitrogen and oxygen atoms in total. The molecule has 1 N–H and O–H groups in total. The van der Waals surface area contributed by atoms with Crippen LogP contribution in [0.15, 0.2) is 41.3 Å². The van der Waals surface area contributed by atoms with Crippen LogP contribution in [0.25, 0.3) is 0 Å². The van der Waals surface area contributed by atoms with Gasteiger partial charge in [0.2, 0.25) is 5.88 Å². The Labute approximate surface area is 108 Å². The molecule has 0 aliphatic rings. The molecule has 2 rings (SSSR count). The maximum absolute atomic E-state index is 5.67. The number of ether oxygens (including phenoxy) is 1. The molecule has 0 radical (unpaired) electrons. The minimum absolute atomic E-state index is 0.515. The molecule has 1 aromatic heterocycles. The third kappa shape index (κ3) is 3.25. The van der Waals surface area contributed by atoms with Gasteiger partial charge in [-0.25, -0.2) is 9.97 Å². The highest BCUT2D eigenvalue weighted by Crippen LogP contribution is 2.26. The zero-order chi connectivity index (χ0) is 12.1. The summed E-state index contributed by atoms with van der Waals surface area (Å²) in [5.74, 6) is 1.28. The van der Waals surface area contributed by atoms with Crippen molar-refractivity contribution in [2.75, 3.05) is 7.05 Å². The molecule has 0 spiro atoms. The number of benzene rings is 1. The fourth-order valence-corrected chi connectivity index (χ4v) is 1.71. The molecular weight excluding hydrogens is 282 g/mol. The summed E-state index contributed by atoms with van der Waals surface area (Å²) in [6, 6.07) is 7.87. The quantitative estimate of drug-likeness (QED) is 0.942. The van der Waals surface area contributed by atoms with Gasteiger partial charge in [-0.2, -0.15) is 0 Å². The summed E-state index contributed by atoms with van der Waals surface area (Å²) in [6.07, 6.45) is 3.11. The van der Waals surface area contributed by atoms with Gasteiger partial charge in [-0.1, -0.05) is 12.1 Å². The molecule has 88 valence electrons. The molecule has 5 heteroatoms. The Morgan fingerprint density at radius 3 is 3.06 bits per heavy atom. The molecule has 0 aliphatic heterocycles. The second kappa shape index (κ2) is 5.75. The van der Waals surface area contributed by atoms with Crippen LogP contribution >= 0.6 is 15.9 Å². The van der Waals surface area contributed by atoms with E-state index in [1.165, 1.54) is 6.33 Å². The third-order valence-electron chi connectivity index (χ3n) is 2.13. The first-order valence-electron chi connectivity index (χ1n) is 5.16. The van der Waals surface area contributed by atoms with Crippen molar-refractivity contribution < 1.29 is 4.74 Å². The fourth-order valence-electron chi connectivity index (χ4n) is 1.41. The van der Waals surface area contributed by atoms with Gasteiger partial charge >= 0.3 is 0 Å². The summed E-state index contributed by atoms with van der Waals surface area (Å²) in [4.78, 5) is 7.94. The number of rotatable bonds is 4. The van der Waals surface area contributed by atoms with Crippen molar-refractivity contribution in [1.82, 2.24) is 15.3 Å². The van der Waals surface area contributed by atoms with Gasteiger partial charge in [0, 0.05) is 12.7 Å². The van der Waals surface area contributed by atoms with E-state index in [4.69, 9.17) is 4.74 Å². The largest absolute Gasteiger partial charge is 0.438 e. The van der Waals surface area contributed by atoms with Gasteiger partial charge in [0.1, 0.15) is 12.1 Å². The van der Waals surface area contributed by atoms with E-state index in [2.05, 4.69) is 31.2 Å².